The van der Waals surface area contributed by atoms with Crippen LogP contribution in [0.3, 0.4) is 0 Å². The number of carbonyl (C=O) groups excluding carboxylic acids is 2. The number of nitrogens with one attached hydrogen (secondary N) is 2. The maximum Gasteiger partial charge on any atom is 0.255 e. The molecule has 0 aromatic heterocycles. The Hall–Kier alpha value is -2.69. The molecule has 2 N–H and O–H groups in total. The van der Waals surface area contributed by atoms with Crippen molar-refractivity contribution in [2.45, 2.75) is 19.8 Å². The summed E-state index contributed by atoms with van der Waals surface area (Å²) in [4.78, 5) is 24.1. The molecule has 23 heavy (non-hydrogen) atoms. The largest absolute Gasteiger partial charge is 0.352 e. The van der Waals surface area contributed by atoms with E-state index in [1.165, 1.54) is 24.3 Å². The molecule has 0 saturated heterocycles. The fraction of sp³-hybridized carbons (Fsp3) is 0.222. The van der Waals surface area contributed by atoms with Gasteiger partial charge in [0.25, 0.3) is 11.8 Å². The molecule has 0 saturated carbocycles. The highest BCUT2D eigenvalue weighted by molar-refractivity contribution is 6.05. The quantitative estimate of drug-likeness (QED) is 0.800. The first kappa shape index (κ1) is 16.7. The number of halogens is 1. The number of hydrogen-bond donors (Lipinski definition) is 2. The molecule has 0 aliphatic rings. The number of benzene rings is 2. The molecule has 0 atom stereocenters. The Morgan fingerprint density at radius 1 is 1.00 bits per heavy atom. The highest BCUT2D eigenvalue weighted by Gasteiger charge is 2.09. The molecule has 2 aromatic carbocycles. The van der Waals surface area contributed by atoms with E-state index in [2.05, 4.69) is 17.6 Å². The van der Waals surface area contributed by atoms with E-state index in [1.807, 2.05) is 0 Å². The van der Waals surface area contributed by atoms with E-state index in [-0.39, 0.29) is 11.8 Å². The van der Waals surface area contributed by atoms with Crippen molar-refractivity contribution in [2.75, 3.05) is 11.9 Å². The van der Waals surface area contributed by atoms with Crippen molar-refractivity contribution in [3.05, 3.63) is 65.5 Å². The van der Waals surface area contributed by atoms with Crippen molar-refractivity contribution >= 4 is 17.5 Å². The van der Waals surface area contributed by atoms with Gasteiger partial charge in [-0.3, -0.25) is 9.59 Å². The summed E-state index contributed by atoms with van der Waals surface area (Å²) in [5.41, 5.74) is 1.35. The van der Waals surface area contributed by atoms with Crippen LogP contribution in [0.5, 0.6) is 0 Å². The lowest BCUT2D eigenvalue weighted by atomic mass is 10.1. The first-order chi connectivity index (χ1) is 11.1. The van der Waals surface area contributed by atoms with Crippen LogP contribution < -0.4 is 10.6 Å². The molecule has 2 amide bonds. The zero-order valence-electron chi connectivity index (χ0n) is 12.9. The first-order valence-corrected chi connectivity index (χ1v) is 7.55. The highest BCUT2D eigenvalue weighted by atomic mass is 19.1. The first-order valence-electron chi connectivity index (χ1n) is 7.55. The van der Waals surface area contributed by atoms with Gasteiger partial charge in [0, 0.05) is 23.4 Å². The molecule has 120 valence electrons. The van der Waals surface area contributed by atoms with Crippen LogP contribution in [0.4, 0.5) is 10.1 Å². The van der Waals surface area contributed by atoms with Crippen LogP contribution in [0.25, 0.3) is 0 Å². The minimum atomic E-state index is -0.396. The molecular formula is C18H19FN2O2. The van der Waals surface area contributed by atoms with Crippen molar-refractivity contribution in [1.29, 1.82) is 0 Å². The molecular weight excluding hydrogens is 295 g/mol. The summed E-state index contributed by atoms with van der Waals surface area (Å²) in [6.45, 7) is 2.68. The van der Waals surface area contributed by atoms with Crippen molar-refractivity contribution < 1.29 is 14.0 Å². The van der Waals surface area contributed by atoms with Crippen LogP contribution in [0, 0.1) is 5.82 Å². The van der Waals surface area contributed by atoms with Gasteiger partial charge < -0.3 is 10.6 Å². The second kappa shape index (κ2) is 8.08. The molecule has 2 rings (SSSR count). The molecule has 0 spiro atoms. The summed E-state index contributed by atoms with van der Waals surface area (Å²) in [5, 5.41) is 5.52. The summed E-state index contributed by atoms with van der Waals surface area (Å²) in [6, 6.07) is 12.0. The third-order valence-corrected chi connectivity index (χ3v) is 3.30. The summed E-state index contributed by atoms with van der Waals surface area (Å²) >= 11 is 0. The van der Waals surface area contributed by atoms with Crippen LogP contribution in [0.15, 0.2) is 48.5 Å². The number of rotatable bonds is 6. The predicted octanol–water partition coefficient (Wildman–Crippen LogP) is 3.61. The van der Waals surface area contributed by atoms with Crippen molar-refractivity contribution in [3.63, 3.8) is 0 Å². The van der Waals surface area contributed by atoms with Gasteiger partial charge in [-0.2, -0.15) is 0 Å². The van der Waals surface area contributed by atoms with Gasteiger partial charge in [0.1, 0.15) is 5.82 Å². The number of amides is 2. The Morgan fingerprint density at radius 3 is 2.43 bits per heavy atom. The van der Waals surface area contributed by atoms with E-state index in [9.17, 15) is 14.0 Å². The molecule has 0 bridgehead atoms. The molecule has 0 aliphatic carbocycles. The molecule has 0 aliphatic heterocycles. The van der Waals surface area contributed by atoms with Crippen LogP contribution in [0.2, 0.25) is 0 Å². The Kier molecular flexibility index (Phi) is 5.86. The second-order valence-electron chi connectivity index (χ2n) is 5.15. The third kappa shape index (κ3) is 4.92. The minimum absolute atomic E-state index is 0.170. The fourth-order valence-corrected chi connectivity index (χ4v) is 2.02. The Balaban J connectivity index is 2.03. The van der Waals surface area contributed by atoms with E-state index >= 15 is 0 Å². The monoisotopic (exact) mass is 314 g/mol. The third-order valence-electron chi connectivity index (χ3n) is 3.30. The number of unbranched alkanes of at least 4 members (excludes halogenated alkanes) is 1. The van der Waals surface area contributed by atoms with Crippen LogP contribution in [-0.2, 0) is 0 Å². The molecule has 0 radical (unpaired) electrons. The summed E-state index contributed by atoms with van der Waals surface area (Å²) in [5.74, 6) is -0.919. The van der Waals surface area contributed by atoms with Crippen LogP contribution >= 0.6 is 0 Å². The van der Waals surface area contributed by atoms with Gasteiger partial charge in [-0.05, 0) is 48.9 Å². The molecule has 0 unspecified atom stereocenters. The molecule has 5 heteroatoms. The standard InChI is InChI=1S/C18H19FN2O2/c1-2-3-11-20-17(22)14-5-4-6-16(12-14)21-18(23)13-7-9-15(19)10-8-13/h4-10,12H,2-3,11H2,1H3,(H,20,22)(H,21,23). The lowest BCUT2D eigenvalue weighted by molar-refractivity contribution is 0.0951. The minimum Gasteiger partial charge on any atom is -0.352 e. The van der Waals surface area contributed by atoms with Gasteiger partial charge in [0.15, 0.2) is 0 Å². The van der Waals surface area contributed by atoms with Crippen LogP contribution in [-0.4, -0.2) is 18.4 Å². The summed E-state index contributed by atoms with van der Waals surface area (Å²) in [7, 11) is 0. The smallest absolute Gasteiger partial charge is 0.255 e. The average Bonchev–Trinajstić information content (AvgIpc) is 2.56. The number of hydrogen-bond acceptors (Lipinski definition) is 2. The molecule has 4 nitrogen and oxygen atoms in total. The van der Waals surface area contributed by atoms with Gasteiger partial charge in [-0.15, -0.1) is 0 Å². The summed E-state index contributed by atoms with van der Waals surface area (Å²) in [6.07, 6.45) is 1.93. The van der Waals surface area contributed by atoms with E-state index in [1.54, 1.807) is 24.3 Å². The van der Waals surface area contributed by atoms with E-state index in [0.717, 1.165) is 12.8 Å². The number of carbonyl (C=O) groups is 2. The zero-order valence-corrected chi connectivity index (χ0v) is 12.9. The number of anilines is 1. The topological polar surface area (TPSA) is 58.2 Å². The molecule has 0 heterocycles. The van der Waals surface area contributed by atoms with Crippen molar-refractivity contribution in [2.24, 2.45) is 0 Å². The maximum atomic E-state index is 12.9. The van der Waals surface area contributed by atoms with Gasteiger partial charge in [0.05, 0.1) is 0 Å². The normalized spacial score (nSPS) is 10.2. The molecule has 2 aromatic rings. The fourth-order valence-electron chi connectivity index (χ4n) is 2.02. The Morgan fingerprint density at radius 2 is 1.74 bits per heavy atom. The van der Waals surface area contributed by atoms with Gasteiger partial charge in [0.2, 0.25) is 0 Å². The maximum absolute atomic E-state index is 12.9. The van der Waals surface area contributed by atoms with Crippen LogP contribution in [0.1, 0.15) is 40.5 Å². The zero-order chi connectivity index (χ0) is 16.7. The van der Waals surface area contributed by atoms with Gasteiger partial charge >= 0.3 is 0 Å². The van der Waals surface area contributed by atoms with Gasteiger partial charge in [-0.1, -0.05) is 19.4 Å². The van der Waals surface area contributed by atoms with E-state index < -0.39 is 5.82 Å². The SMILES string of the molecule is CCCCNC(=O)c1cccc(NC(=O)c2ccc(F)cc2)c1. The highest BCUT2D eigenvalue weighted by Crippen LogP contribution is 2.13. The Labute approximate surface area is 134 Å². The van der Waals surface area contributed by atoms with E-state index in [4.69, 9.17) is 0 Å². The Bertz CT molecular complexity index is 684. The summed E-state index contributed by atoms with van der Waals surface area (Å²) < 4.78 is 12.9. The lowest BCUT2D eigenvalue weighted by Gasteiger charge is -2.08. The molecule has 0 fully saturated rings. The average molecular weight is 314 g/mol. The lowest BCUT2D eigenvalue weighted by Crippen LogP contribution is -2.24. The van der Waals surface area contributed by atoms with E-state index in [0.29, 0.717) is 23.4 Å². The van der Waals surface area contributed by atoms with Crippen molar-refractivity contribution in [3.8, 4) is 0 Å². The van der Waals surface area contributed by atoms with Crippen molar-refractivity contribution in [1.82, 2.24) is 5.32 Å². The predicted molar refractivity (Wildman–Crippen MR) is 88.0 cm³/mol. The van der Waals surface area contributed by atoms with Gasteiger partial charge in [-0.25, -0.2) is 4.39 Å². The second-order valence-corrected chi connectivity index (χ2v) is 5.15.